The maximum Gasteiger partial charge on any atom is 0.281 e. The maximum atomic E-state index is 13.5. The Hall–Kier alpha value is -4.11. The van der Waals surface area contributed by atoms with Gasteiger partial charge in [0.25, 0.3) is 12.0 Å². The van der Waals surface area contributed by atoms with Crippen LogP contribution in [-0.2, 0) is 0 Å². The summed E-state index contributed by atoms with van der Waals surface area (Å²) in [5.41, 5.74) is 4.85. The molecule has 1 aromatic carbocycles. The minimum atomic E-state index is -3.04. The highest BCUT2D eigenvalue weighted by Gasteiger charge is 2.25. The number of aromatic nitrogens is 6. The zero-order chi connectivity index (χ0) is 23.9. The molecule has 0 bridgehead atoms. The average Bonchev–Trinajstić information content (AvgIpc) is 3.29. The van der Waals surface area contributed by atoms with Gasteiger partial charge in [-0.05, 0) is 25.5 Å². The van der Waals surface area contributed by atoms with Crippen LogP contribution in [0.3, 0.4) is 0 Å². The van der Waals surface area contributed by atoms with Gasteiger partial charge < -0.3 is 11.1 Å². The number of halogens is 3. The Balaban J connectivity index is 1.94. The SMILES string of the molecule is Cc1ccc(Cl)c2nc(C(C)Nc3nc(N)nc(C(F)F)c3C#N)n(-c3ccn[nH]3)c(=O)c12. The predicted molar refractivity (Wildman–Crippen MR) is 117 cm³/mol. The number of H-pyrrole nitrogens is 1. The van der Waals surface area contributed by atoms with Gasteiger partial charge in [0.05, 0.1) is 28.2 Å². The van der Waals surface area contributed by atoms with Crippen LogP contribution in [0.4, 0.5) is 20.5 Å². The van der Waals surface area contributed by atoms with E-state index in [0.717, 1.165) is 0 Å². The molecule has 0 radical (unpaired) electrons. The highest BCUT2D eigenvalue weighted by Crippen LogP contribution is 2.29. The zero-order valence-electron chi connectivity index (χ0n) is 17.3. The average molecular weight is 472 g/mol. The number of fused-ring (bicyclic) bond motifs is 1. The van der Waals surface area contributed by atoms with Crippen LogP contribution in [0, 0.1) is 18.3 Å². The molecule has 13 heteroatoms. The molecule has 3 aromatic heterocycles. The molecule has 4 aromatic rings. The molecule has 0 spiro atoms. The van der Waals surface area contributed by atoms with E-state index in [-0.39, 0.29) is 22.2 Å². The summed E-state index contributed by atoms with van der Waals surface area (Å²) < 4.78 is 28.1. The van der Waals surface area contributed by atoms with Gasteiger partial charge in [-0.2, -0.15) is 15.3 Å². The van der Waals surface area contributed by atoms with E-state index in [1.54, 1.807) is 38.1 Å². The number of alkyl halides is 2. The lowest BCUT2D eigenvalue weighted by Gasteiger charge is -2.20. The van der Waals surface area contributed by atoms with Crippen LogP contribution in [0.5, 0.6) is 0 Å². The lowest BCUT2D eigenvalue weighted by molar-refractivity contribution is 0.146. The third kappa shape index (κ3) is 3.83. The highest BCUT2D eigenvalue weighted by molar-refractivity contribution is 6.35. The number of benzene rings is 1. The van der Waals surface area contributed by atoms with Gasteiger partial charge in [0.15, 0.2) is 5.82 Å². The van der Waals surface area contributed by atoms with Gasteiger partial charge in [-0.25, -0.2) is 23.3 Å². The largest absolute Gasteiger partial charge is 0.368 e. The van der Waals surface area contributed by atoms with E-state index in [2.05, 4.69) is 30.5 Å². The molecule has 1 atom stereocenters. The van der Waals surface area contributed by atoms with Crippen molar-refractivity contribution in [3.8, 4) is 11.9 Å². The quantitative estimate of drug-likeness (QED) is 0.400. The zero-order valence-corrected chi connectivity index (χ0v) is 18.0. The van der Waals surface area contributed by atoms with Crippen molar-refractivity contribution in [3.05, 3.63) is 62.4 Å². The Morgan fingerprint density at radius 2 is 2.03 bits per heavy atom. The normalized spacial score (nSPS) is 12.2. The number of rotatable bonds is 5. The molecule has 33 heavy (non-hydrogen) atoms. The second-order valence-corrected chi connectivity index (χ2v) is 7.52. The van der Waals surface area contributed by atoms with Crippen LogP contribution < -0.4 is 16.6 Å². The summed E-state index contributed by atoms with van der Waals surface area (Å²) in [6.45, 7) is 3.38. The predicted octanol–water partition coefficient (Wildman–Crippen LogP) is 3.43. The lowest BCUT2D eigenvalue weighted by atomic mass is 10.1. The number of hydrogen-bond acceptors (Lipinski definition) is 8. The smallest absolute Gasteiger partial charge is 0.281 e. The Kier molecular flexibility index (Phi) is 5.65. The monoisotopic (exact) mass is 471 g/mol. The van der Waals surface area contributed by atoms with Crippen LogP contribution in [-0.4, -0.2) is 29.7 Å². The molecule has 0 aliphatic carbocycles. The maximum absolute atomic E-state index is 13.5. The lowest BCUT2D eigenvalue weighted by Crippen LogP contribution is -2.28. The summed E-state index contributed by atoms with van der Waals surface area (Å²) in [6, 6.07) is 5.78. The molecule has 0 saturated carbocycles. The minimum Gasteiger partial charge on any atom is -0.368 e. The summed E-state index contributed by atoms with van der Waals surface area (Å²) in [4.78, 5) is 25.5. The van der Waals surface area contributed by atoms with Crippen molar-refractivity contribution in [2.75, 3.05) is 11.1 Å². The number of hydrogen-bond donors (Lipinski definition) is 3. The van der Waals surface area contributed by atoms with E-state index in [4.69, 9.17) is 17.3 Å². The number of nitriles is 1. The Morgan fingerprint density at radius 3 is 2.67 bits per heavy atom. The van der Waals surface area contributed by atoms with E-state index in [1.165, 1.54) is 10.8 Å². The van der Waals surface area contributed by atoms with E-state index in [0.29, 0.717) is 16.8 Å². The van der Waals surface area contributed by atoms with E-state index < -0.39 is 35.2 Å². The molecule has 168 valence electrons. The first-order valence-electron chi connectivity index (χ1n) is 9.56. The number of aromatic amines is 1. The van der Waals surface area contributed by atoms with Gasteiger partial charge in [0, 0.05) is 6.07 Å². The summed E-state index contributed by atoms with van der Waals surface area (Å²) in [7, 11) is 0. The van der Waals surface area contributed by atoms with Crippen LogP contribution in [0.25, 0.3) is 16.7 Å². The molecule has 1 unspecified atom stereocenters. The summed E-state index contributed by atoms with van der Waals surface area (Å²) in [5.74, 6) is -0.152. The van der Waals surface area contributed by atoms with Crippen molar-refractivity contribution < 1.29 is 8.78 Å². The second kappa shape index (κ2) is 8.44. The number of nitrogen functional groups attached to an aromatic ring is 1. The molecule has 4 rings (SSSR count). The molecular formula is C20H16ClF2N9O. The molecule has 0 saturated heterocycles. The first-order valence-corrected chi connectivity index (χ1v) is 9.94. The van der Waals surface area contributed by atoms with Crippen LogP contribution >= 0.6 is 11.6 Å². The fraction of sp³-hybridized carbons (Fsp3) is 0.200. The van der Waals surface area contributed by atoms with Gasteiger partial charge >= 0.3 is 0 Å². The first kappa shape index (κ1) is 22.1. The highest BCUT2D eigenvalue weighted by atomic mass is 35.5. The van der Waals surface area contributed by atoms with E-state index in [9.17, 15) is 18.8 Å². The van der Waals surface area contributed by atoms with Gasteiger partial charge in [0.1, 0.15) is 29.0 Å². The molecule has 0 aliphatic rings. The Morgan fingerprint density at radius 1 is 1.27 bits per heavy atom. The molecule has 0 amide bonds. The summed E-state index contributed by atoms with van der Waals surface area (Å²) in [6.07, 6.45) is -1.57. The van der Waals surface area contributed by atoms with Crippen molar-refractivity contribution in [2.24, 2.45) is 0 Å². The third-order valence-electron chi connectivity index (χ3n) is 4.95. The number of nitrogens with zero attached hydrogens (tertiary/aromatic N) is 6. The summed E-state index contributed by atoms with van der Waals surface area (Å²) >= 11 is 6.32. The number of nitrogens with one attached hydrogen (secondary N) is 2. The third-order valence-corrected chi connectivity index (χ3v) is 5.25. The van der Waals surface area contributed by atoms with Crippen molar-refractivity contribution in [3.63, 3.8) is 0 Å². The molecule has 0 fully saturated rings. The van der Waals surface area contributed by atoms with E-state index >= 15 is 0 Å². The number of aryl methyl sites for hydroxylation is 1. The minimum absolute atomic E-state index is 0.170. The molecule has 3 heterocycles. The molecule has 10 nitrogen and oxygen atoms in total. The van der Waals surface area contributed by atoms with Gasteiger partial charge in [-0.15, -0.1) is 0 Å². The van der Waals surface area contributed by atoms with Crippen molar-refractivity contribution in [1.29, 1.82) is 5.26 Å². The molecular weight excluding hydrogens is 456 g/mol. The van der Waals surface area contributed by atoms with Gasteiger partial charge in [-0.3, -0.25) is 9.89 Å². The van der Waals surface area contributed by atoms with Crippen LogP contribution in [0.2, 0.25) is 5.02 Å². The number of nitrogens with two attached hydrogens (primary N) is 1. The van der Waals surface area contributed by atoms with Crippen molar-refractivity contribution in [2.45, 2.75) is 26.3 Å². The fourth-order valence-corrected chi connectivity index (χ4v) is 3.66. The van der Waals surface area contributed by atoms with Gasteiger partial charge in [-0.1, -0.05) is 17.7 Å². The fourth-order valence-electron chi connectivity index (χ4n) is 3.46. The van der Waals surface area contributed by atoms with Crippen LogP contribution in [0.1, 0.15) is 42.0 Å². The Labute approximate surface area is 190 Å². The number of anilines is 2. The summed E-state index contributed by atoms with van der Waals surface area (Å²) in [5, 5.41) is 19.5. The second-order valence-electron chi connectivity index (χ2n) is 7.11. The van der Waals surface area contributed by atoms with Crippen molar-refractivity contribution >= 4 is 34.3 Å². The van der Waals surface area contributed by atoms with Crippen LogP contribution in [0.15, 0.2) is 29.2 Å². The Bertz CT molecular complexity index is 1460. The molecule has 4 N–H and O–H groups in total. The van der Waals surface area contributed by atoms with Gasteiger partial charge in [0.2, 0.25) is 5.95 Å². The van der Waals surface area contributed by atoms with Crippen molar-refractivity contribution in [1.82, 2.24) is 29.7 Å². The first-order chi connectivity index (χ1) is 15.7. The topological polar surface area (TPSA) is 151 Å². The molecule has 0 aliphatic heterocycles. The standard InChI is InChI=1S/C20H16ClF2N9O/c1-8-3-4-11(21)15-13(8)19(33)32(12-5-6-26-31-12)18(28-15)9(2)27-17-10(7-24)14(16(22)23)29-20(25)30-17/h3-6,9,16H,1-2H3,(H,26,31)(H3,25,27,29,30). The van der Waals surface area contributed by atoms with E-state index in [1.807, 2.05) is 0 Å².